The fourth-order valence-corrected chi connectivity index (χ4v) is 2.13. The third-order valence-corrected chi connectivity index (χ3v) is 3.24. The lowest BCUT2D eigenvalue weighted by molar-refractivity contribution is -0.142. The van der Waals surface area contributed by atoms with Gasteiger partial charge in [0.2, 0.25) is 5.91 Å². The van der Waals surface area contributed by atoms with Crippen LogP contribution in [0.1, 0.15) is 20.8 Å². The molecule has 1 saturated heterocycles. The number of carbonyl (C=O) groups excluding carboxylic acids is 1. The van der Waals surface area contributed by atoms with Crippen molar-refractivity contribution in [1.82, 2.24) is 10.2 Å². The summed E-state index contributed by atoms with van der Waals surface area (Å²) in [5.74, 6) is -1.04. The molecule has 1 rings (SSSR count). The molecule has 2 N–H and O–H groups in total. The van der Waals surface area contributed by atoms with Crippen LogP contribution in [0.3, 0.4) is 0 Å². The van der Waals surface area contributed by atoms with Crippen LogP contribution in [-0.4, -0.2) is 47.6 Å². The summed E-state index contributed by atoms with van der Waals surface area (Å²) in [4.78, 5) is 24.5. The van der Waals surface area contributed by atoms with Crippen molar-refractivity contribution >= 4 is 11.9 Å². The lowest BCUT2D eigenvalue weighted by atomic mass is 9.99. The number of hydrogen-bond acceptors (Lipinski definition) is 3. The Morgan fingerprint density at radius 1 is 1.50 bits per heavy atom. The quantitative estimate of drug-likeness (QED) is 0.719. The van der Waals surface area contributed by atoms with Crippen molar-refractivity contribution in [3.05, 3.63) is 0 Å². The monoisotopic (exact) mass is 228 g/mol. The molecule has 3 atom stereocenters. The standard InChI is InChI=1S/C11H20N2O3/c1-4-12-10(14)8(3)13-5-7(2)9(6-13)11(15)16/h7-9H,4-6H2,1-3H3,(H,12,14)(H,15,16)/t7-,8?,9-/m1/s1. The van der Waals surface area contributed by atoms with Crippen LogP contribution >= 0.6 is 0 Å². The zero-order valence-corrected chi connectivity index (χ0v) is 10.1. The molecule has 0 spiro atoms. The lowest BCUT2D eigenvalue weighted by Crippen LogP contribution is -2.44. The van der Waals surface area contributed by atoms with Crippen molar-refractivity contribution in [2.24, 2.45) is 11.8 Å². The third-order valence-electron chi connectivity index (χ3n) is 3.24. The van der Waals surface area contributed by atoms with E-state index in [0.717, 1.165) is 0 Å². The van der Waals surface area contributed by atoms with Crippen molar-refractivity contribution in [3.8, 4) is 0 Å². The second kappa shape index (κ2) is 5.30. The first-order valence-corrected chi connectivity index (χ1v) is 5.72. The molecular weight excluding hydrogens is 208 g/mol. The number of amides is 1. The first kappa shape index (κ1) is 13.0. The molecule has 1 unspecified atom stereocenters. The van der Waals surface area contributed by atoms with E-state index in [9.17, 15) is 9.59 Å². The summed E-state index contributed by atoms with van der Waals surface area (Å²) in [5, 5.41) is 11.8. The first-order chi connectivity index (χ1) is 7.47. The number of carboxylic acid groups (broad SMARTS) is 1. The van der Waals surface area contributed by atoms with Gasteiger partial charge < -0.3 is 10.4 Å². The molecule has 1 fully saturated rings. The van der Waals surface area contributed by atoms with Crippen molar-refractivity contribution in [2.45, 2.75) is 26.8 Å². The van der Waals surface area contributed by atoms with E-state index in [4.69, 9.17) is 5.11 Å². The van der Waals surface area contributed by atoms with Crippen LogP contribution in [0.4, 0.5) is 0 Å². The number of nitrogens with one attached hydrogen (secondary N) is 1. The number of nitrogens with zero attached hydrogens (tertiary/aromatic N) is 1. The van der Waals surface area contributed by atoms with Gasteiger partial charge in [0, 0.05) is 19.6 Å². The van der Waals surface area contributed by atoms with Gasteiger partial charge in [0.1, 0.15) is 0 Å². The maximum atomic E-state index is 11.6. The highest BCUT2D eigenvalue weighted by Gasteiger charge is 2.38. The zero-order valence-electron chi connectivity index (χ0n) is 10.1. The molecule has 0 aromatic rings. The highest BCUT2D eigenvalue weighted by molar-refractivity contribution is 5.81. The van der Waals surface area contributed by atoms with Gasteiger partial charge in [0.25, 0.3) is 0 Å². The number of aliphatic carboxylic acids is 1. The van der Waals surface area contributed by atoms with E-state index in [0.29, 0.717) is 19.6 Å². The highest BCUT2D eigenvalue weighted by Crippen LogP contribution is 2.24. The Bertz CT molecular complexity index is 280. The minimum Gasteiger partial charge on any atom is -0.481 e. The number of carbonyl (C=O) groups is 2. The second-order valence-electron chi connectivity index (χ2n) is 4.45. The van der Waals surface area contributed by atoms with Gasteiger partial charge in [-0.3, -0.25) is 14.5 Å². The molecule has 1 aliphatic rings. The summed E-state index contributed by atoms with van der Waals surface area (Å²) in [6.07, 6.45) is 0. The van der Waals surface area contributed by atoms with Gasteiger partial charge >= 0.3 is 5.97 Å². The Kier molecular flexibility index (Phi) is 4.29. The fourth-order valence-electron chi connectivity index (χ4n) is 2.13. The molecule has 5 heteroatoms. The average Bonchev–Trinajstić information content (AvgIpc) is 2.59. The molecule has 0 saturated carbocycles. The van der Waals surface area contributed by atoms with E-state index in [1.807, 2.05) is 25.7 Å². The maximum Gasteiger partial charge on any atom is 0.308 e. The van der Waals surface area contributed by atoms with Crippen molar-refractivity contribution < 1.29 is 14.7 Å². The van der Waals surface area contributed by atoms with Crippen molar-refractivity contribution in [1.29, 1.82) is 0 Å². The molecule has 0 radical (unpaired) electrons. The van der Waals surface area contributed by atoms with Crippen LogP contribution in [0, 0.1) is 11.8 Å². The van der Waals surface area contributed by atoms with Crippen LogP contribution < -0.4 is 5.32 Å². The molecule has 1 amide bonds. The summed E-state index contributed by atoms with van der Waals surface area (Å²) in [6.45, 7) is 7.36. The number of rotatable bonds is 4. The van der Waals surface area contributed by atoms with Crippen LogP contribution in [0.5, 0.6) is 0 Å². The average molecular weight is 228 g/mol. The van der Waals surface area contributed by atoms with Gasteiger partial charge in [-0.05, 0) is 19.8 Å². The molecular formula is C11H20N2O3. The normalized spacial score (nSPS) is 27.7. The topological polar surface area (TPSA) is 69.6 Å². The Balaban J connectivity index is 2.57. The smallest absolute Gasteiger partial charge is 0.308 e. The van der Waals surface area contributed by atoms with Gasteiger partial charge in [-0.25, -0.2) is 0 Å². The number of carboxylic acids is 1. The lowest BCUT2D eigenvalue weighted by Gasteiger charge is -2.22. The van der Waals surface area contributed by atoms with E-state index in [-0.39, 0.29) is 23.8 Å². The largest absolute Gasteiger partial charge is 0.481 e. The molecule has 0 bridgehead atoms. The number of likely N-dealkylation sites (N-methyl/N-ethyl adjacent to an activating group) is 1. The van der Waals surface area contributed by atoms with Crippen LogP contribution in [0.15, 0.2) is 0 Å². The highest BCUT2D eigenvalue weighted by atomic mass is 16.4. The van der Waals surface area contributed by atoms with E-state index >= 15 is 0 Å². The Hall–Kier alpha value is -1.10. The van der Waals surface area contributed by atoms with Crippen LogP contribution in [-0.2, 0) is 9.59 Å². The predicted octanol–water partition coefficient (Wildman–Crippen LogP) is 0.164. The van der Waals surface area contributed by atoms with Crippen LogP contribution in [0.2, 0.25) is 0 Å². The van der Waals surface area contributed by atoms with Gasteiger partial charge in [0.05, 0.1) is 12.0 Å². The molecule has 0 aromatic carbocycles. The molecule has 92 valence electrons. The summed E-state index contributed by atoms with van der Waals surface area (Å²) in [7, 11) is 0. The molecule has 0 aliphatic carbocycles. The second-order valence-corrected chi connectivity index (χ2v) is 4.45. The van der Waals surface area contributed by atoms with Gasteiger partial charge in [0.15, 0.2) is 0 Å². The van der Waals surface area contributed by atoms with Gasteiger partial charge in [-0.15, -0.1) is 0 Å². The minimum atomic E-state index is -0.766. The Morgan fingerprint density at radius 2 is 2.12 bits per heavy atom. The first-order valence-electron chi connectivity index (χ1n) is 5.72. The minimum absolute atomic E-state index is 0.0271. The molecule has 16 heavy (non-hydrogen) atoms. The molecule has 0 aromatic heterocycles. The van der Waals surface area contributed by atoms with Crippen LogP contribution in [0.25, 0.3) is 0 Å². The van der Waals surface area contributed by atoms with Crippen molar-refractivity contribution in [3.63, 3.8) is 0 Å². The predicted molar refractivity (Wildman–Crippen MR) is 60.0 cm³/mol. The number of hydrogen-bond donors (Lipinski definition) is 2. The Morgan fingerprint density at radius 3 is 2.56 bits per heavy atom. The fraction of sp³-hybridized carbons (Fsp3) is 0.818. The summed E-state index contributed by atoms with van der Waals surface area (Å²) in [5.41, 5.74) is 0. The van der Waals surface area contributed by atoms with Gasteiger partial charge in [-0.2, -0.15) is 0 Å². The summed E-state index contributed by atoms with van der Waals surface area (Å²) >= 11 is 0. The third kappa shape index (κ3) is 2.72. The molecule has 1 aliphatic heterocycles. The zero-order chi connectivity index (χ0) is 12.3. The summed E-state index contributed by atoms with van der Waals surface area (Å²) < 4.78 is 0. The maximum absolute atomic E-state index is 11.6. The van der Waals surface area contributed by atoms with E-state index in [1.165, 1.54) is 0 Å². The summed E-state index contributed by atoms with van der Waals surface area (Å²) in [6, 6.07) is -0.244. The van der Waals surface area contributed by atoms with Gasteiger partial charge in [-0.1, -0.05) is 6.92 Å². The van der Waals surface area contributed by atoms with E-state index in [2.05, 4.69) is 5.32 Å². The van der Waals surface area contributed by atoms with E-state index in [1.54, 1.807) is 0 Å². The Labute approximate surface area is 95.8 Å². The van der Waals surface area contributed by atoms with Crippen molar-refractivity contribution in [2.75, 3.05) is 19.6 Å². The molecule has 1 heterocycles. The molecule has 5 nitrogen and oxygen atoms in total. The van der Waals surface area contributed by atoms with E-state index < -0.39 is 5.97 Å². The number of likely N-dealkylation sites (tertiary alicyclic amines) is 1. The SMILES string of the molecule is CCNC(=O)C(C)N1C[C@@H](C)[C@H](C(=O)O)C1.